The van der Waals surface area contributed by atoms with Gasteiger partial charge in [0.05, 0.1) is 17.2 Å². The highest BCUT2D eigenvalue weighted by Gasteiger charge is 2.35. The molecule has 2 aliphatic heterocycles. The minimum atomic E-state index is -0.661. The molecular weight excluding hydrogens is 578 g/mol. The van der Waals surface area contributed by atoms with Crippen LogP contribution >= 0.6 is 15.9 Å². The van der Waals surface area contributed by atoms with Crippen molar-refractivity contribution in [2.24, 2.45) is 0 Å². The predicted molar refractivity (Wildman–Crippen MR) is 153 cm³/mol. The topological polar surface area (TPSA) is 124 Å². The van der Waals surface area contributed by atoms with Crippen LogP contribution in [0.1, 0.15) is 48.9 Å². The number of likely N-dealkylation sites (tertiary alicyclic amines) is 1. The molecule has 3 heterocycles. The lowest BCUT2D eigenvalue weighted by Crippen LogP contribution is -2.38. The number of carbonyl (C=O) groups excluding carboxylic acids is 2. The second kappa shape index (κ2) is 11.7. The zero-order chi connectivity index (χ0) is 28.4. The van der Waals surface area contributed by atoms with Crippen LogP contribution in [0, 0.1) is 13.8 Å². The summed E-state index contributed by atoms with van der Waals surface area (Å²) in [6, 6.07) is 8.74. The summed E-state index contributed by atoms with van der Waals surface area (Å²) in [6.45, 7) is 7.20. The Hall–Kier alpha value is -3.93. The molecule has 11 nitrogen and oxygen atoms in total. The van der Waals surface area contributed by atoms with E-state index in [0.29, 0.717) is 38.8 Å². The number of tetrazole rings is 1. The normalized spacial score (nSPS) is 16.7. The summed E-state index contributed by atoms with van der Waals surface area (Å²) in [5, 5.41) is 18.3. The van der Waals surface area contributed by atoms with Crippen molar-refractivity contribution in [1.82, 2.24) is 25.1 Å². The Balaban J connectivity index is 1.47. The van der Waals surface area contributed by atoms with Crippen LogP contribution in [0.3, 0.4) is 0 Å². The third-order valence-electron chi connectivity index (χ3n) is 7.43. The number of nitrogens with one attached hydrogen (secondary N) is 2. The number of halogens is 1. The number of aromatic nitrogens is 4. The highest BCUT2D eigenvalue weighted by molar-refractivity contribution is 9.10. The van der Waals surface area contributed by atoms with Crippen LogP contribution in [0.15, 0.2) is 46.1 Å². The molecule has 1 saturated heterocycles. The molecule has 2 aliphatic rings. The Bertz CT molecular complexity index is 1480. The molecule has 3 aromatic rings. The van der Waals surface area contributed by atoms with E-state index in [9.17, 15) is 9.59 Å². The lowest BCUT2D eigenvalue weighted by atomic mass is 9.94. The fraction of sp³-hybridized carbons (Fsp3) is 0.393. The molecule has 1 unspecified atom stereocenters. The number of methoxy groups -OCH3 is 1. The summed E-state index contributed by atoms with van der Waals surface area (Å²) in [4.78, 5) is 28.3. The third kappa shape index (κ3) is 5.40. The molecule has 40 heavy (non-hydrogen) atoms. The Morgan fingerprint density at radius 2 is 1.93 bits per heavy atom. The van der Waals surface area contributed by atoms with Crippen LogP contribution in [-0.2, 0) is 9.59 Å². The molecule has 12 heteroatoms. The van der Waals surface area contributed by atoms with Crippen LogP contribution in [0.25, 0.3) is 0 Å². The van der Waals surface area contributed by atoms with E-state index in [1.165, 1.54) is 7.11 Å². The van der Waals surface area contributed by atoms with E-state index >= 15 is 0 Å². The van der Waals surface area contributed by atoms with Gasteiger partial charge in [0.1, 0.15) is 6.04 Å². The van der Waals surface area contributed by atoms with E-state index in [2.05, 4.69) is 42.1 Å². The molecule has 2 aromatic carbocycles. The first-order chi connectivity index (χ1) is 19.3. The quantitative estimate of drug-likeness (QED) is 0.404. The number of fused-ring (bicyclic) bond motifs is 1. The zero-order valence-electron chi connectivity index (χ0n) is 23.0. The number of nitrogens with zero attached hydrogens (tertiary/aromatic N) is 5. The van der Waals surface area contributed by atoms with Crippen LogP contribution in [0.5, 0.6) is 11.5 Å². The van der Waals surface area contributed by atoms with Crippen molar-refractivity contribution in [2.45, 2.75) is 46.1 Å². The fourth-order valence-corrected chi connectivity index (χ4v) is 5.67. The monoisotopic (exact) mass is 609 g/mol. The van der Waals surface area contributed by atoms with Crippen LogP contribution in [-0.4, -0.2) is 63.7 Å². The molecule has 2 N–H and O–H groups in total. The van der Waals surface area contributed by atoms with Gasteiger partial charge < -0.3 is 25.0 Å². The number of carbonyl (C=O) groups is 2. The number of benzene rings is 2. The van der Waals surface area contributed by atoms with E-state index < -0.39 is 6.04 Å². The van der Waals surface area contributed by atoms with Gasteiger partial charge in [-0.3, -0.25) is 9.59 Å². The van der Waals surface area contributed by atoms with Crippen molar-refractivity contribution in [3.8, 4) is 11.5 Å². The number of ether oxygens (including phenoxy) is 2. The minimum Gasteiger partial charge on any atom is -0.493 e. The van der Waals surface area contributed by atoms with Crippen molar-refractivity contribution in [3.05, 3.63) is 62.8 Å². The van der Waals surface area contributed by atoms with E-state index in [1.54, 1.807) is 10.7 Å². The molecule has 2 amide bonds. The largest absolute Gasteiger partial charge is 0.493 e. The van der Waals surface area contributed by atoms with Crippen LogP contribution < -0.4 is 20.1 Å². The lowest BCUT2D eigenvalue weighted by molar-refractivity contribution is -0.134. The van der Waals surface area contributed by atoms with E-state index in [1.807, 2.05) is 49.9 Å². The first kappa shape index (κ1) is 27.6. The second-order valence-electron chi connectivity index (χ2n) is 9.98. The van der Waals surface area contributed by atoms with E-state index in [-0.39, 0.29) is 18.4 Å². The third-order valence-corrected chi connectivity index (χ3v) is 8.02. The number of hydrogen-bond acceptors (Lipinski definition) is 8. The average molecular weight is 611 g/mol. The Morgan fingerprint density at radius 3 is 2.67 bits per heavy atom. The second-order valence-corrected chi connectivity index (χ2v) is 10.8. The summed E-state index contributed by atoms with van der Waals surface area (Å²) < 4.78 is 13.8. The molecule has 0 saturated carbocycles. The summed E-state index contributed by atoms with van der Waals surface area (Å²) in [7, 11) is 1.53. The van der Waals surface area contributed by atoms with Crippen LogP contribution in [0.2, 0.25) is 0 Å². The SMILES string of the molecule is COc1cc(C2C(C(=O)Nc3cccc(C)c3C)=C(C)Nc3nnnn32)cc(Br)c1OCC(=O)N1CCCCC1. The number of rotatable bonds is 7. The van der Waals surface area contributed by atoms with E-state index in [4.69, 9.17) is 9.47 Å². The highest BCUT2D eigenvalue weighted by Crippen LogP contribution is 2.42. The van der Waals surface area contributed by atoms with Crippen molar-refractivity contribution in [3.63, 3.8) is 0 Å². The van der Waals surface area contributed by atoms with Gasteiger partial charge in [0.25, 0.3) is 11.8 Å². The van der Waals surface area contributed by atoms with Crippen molar-refractivity contribution < 1.29 is 19.1 Å². The van der Waals surface area contributed by atoms with E-state index in [0.717, 1.165) is 49.2 Å². The maximum atomic E-state index is 13.8. The molecule has 0 bridgehead atoms. The first-order valence-corrected chi connectivity index (χ1v) is 14.0. The number of piperidine rings is 1. The van der Waals surface area contributed by atoms with Crippen molar-refractivity contribution in [1.29, 1.82) is 0 Å². The summed E-state index contributed by atoms with van der Waals surface area (Å²) in [5.74, 6) is 0.889. The first-order valence-electron chi connectivity index (χ1n) is 13.2. The van der Waals surface area contributed by atoms with Gasteiger partial charge in [-0.25, -0.2) is 0 Å². The molecule has 0 aliphatic carbocycles. The Morgan fingerprint density at radius 1 is 1.15 bits per heavy atom. The van der Waals surface area contributed by atoms with Crippen molar-refractivity contribution >= 4 is 39.4 Å². The van der Waals surface area contributed by atoms with Gasteiger partial charge in [-0.1, -0.05) is 17.2 Å². The zero-order valence-corrected chi connectivity index (χ0v) is 24.5. The maximum absolute atomic E-state index is 13.8. The number of amides is 2. The van der Waals surface area contributed by atoms with Gasteiger partial charge in [0.2, 0.25) is 5.95 Å². The van der Waals surface area contributed by atoms with Crippen LogP contribution in [0.4, 0.5) is 11.6 Å². The summed E-state index contributed by atoms with van der Waals surface area (Å²) in [6.07, 6.45) is 3.16. The Labute approximate surface area is 241 Å². The highest BCUT2D eigenvalue weighted by atomic mass is 79.9. The number of anilines is 2. The average Bonchev–Trinajstić information content (AvgIpc) is 3.42. The lowest BCUT2D eigenvalue weighted by Gasteiger charge is -2.29. The Kier molecular flexibility index (Phi) is 8.06. The fourth-order valence-electron chi connectivity index (χ4n) is 5.10. The minimum absolute atomic E-state index is 0.0571. The molecule has 5 rings (SSSR count). The summed E-state index contributed by atoms with van der Waals surface area (Å²) in [5.41, 5.74) is 4.56. The van der Waals surface area contributed by atoms with Gasteiger partial charge in [-0.05, 0) is 101 Å². The van der Waals surface area contributed by atoms with Gasteiger partial charge >= 0.3 is 0 Å². The molecule has 1 aromatic heterocycles. The van der Waals surface area contributed by atoms with Gasteiger partial charge in [0, 0.05) is 24.5 Å². The van der Waals surface area contributed by atoms with Gasteiger partial charge in [-0.2, -0.15) is 4.68 Å². The molecule has 0 spiro atoms. The smallest absolute Gasteiger partial charge is 0.260 e. The number of allylic oxidation sites excluding steroid dienone is 1. The van der Waals surface area contributed by atoms with Crippen molar-refractivity contribution in [2.75, 3.05) is 37.4 Å². The standard InChI is InChI=1S/C28H32BrN7O4/c1-16-9-8-10-21(17(16)2)31-27(38)24-18(3)30-28-32-33-34-36(28)25(24)19-13-20(29)26(22(14-19)39-4)40-15-23(37)35-11-6-5-7-12-35/h8-10,13-14,25H,5-7,11-12,15H2,1-4H3,(H,31,38)(H,30,32,34). The summed E-state index contributed by atoms with van der Waals surface area (Å²) >= 11 is 3.60. The van der Waals surface area contributed by atoms with Gasteiger partial charge in [0.15, 0.2) is 18.1 Å². The molecule has 1 fully saturated rings. The molecule has 210 valence electrons. The molecular formula is C28H32BrN7O4. The maximum Gasteiger partial charge on any atom is 0.260 e. The van der Waals surface area contributed by atoms with Gasteiger partial charge in [-0.15, -0.1) is 0 Å². The number of aryl methyl sites for hydroxylation is 1. The molecule has 1 atom stereocenters. The predicted octanol–water partition coefficient (Wildman–Crippen LogP) is 4.38. The molecule has 0 radical (unpaired) electrons. The number of hydrogen-bond donors (Lipinski definition) is 2.